The topological polar surface area (TPSA) is 172 Å². The van der Waals surface area contributed by atoms with Crippen LogP contribution < -0.4 is 11.3 Å². The zero-order valence-corrected chi connectivity index (χ0v) is 11.0. The Labute approximate surface area is 117 Å². The van der Waals surface area contributed by atoms with Crippen LogP contribution in [0.25, 0.3) is 11.2 Å². The molecule has 0 radical (unpaired) electrons. The van der Waals surface area contributed by atoms with Gasteiger partial charge in [-0.3, -0.25) is 9.78 Å². The number of anilines is 1. The van der Waals surface area contributed by atoms with Crippen molar-refractivity contribution in [2.24, 2.45) is 0 Å². The molecule has 1 saturated heterocycles. The monoisotopic (exact) mass is 298 g/mol. The summed E-state index contributed by atoms with van der Waals surface area (Å²) >= 11 is 0. The van der Waals surface area contributed by atoms with E-state index in [2.05, 4.69) is 20.3 Å². The molecule has 2 aromatic heterocycles. The maximum atomic E-state index is 11.7. The molecule has 0 spiro atoms. The van der Waals surface area contributed by atoms with Gasteiger partial charge in [0, 0.05) is 0 Å². The fraction of sp³-hybridized carbons (Fsp3) is 0.600. The number of H-pyrrole nitrogens is 1. The summed E-state index contributed by atoms with van der Waals surface area (Å²) < 4.78 is 6.44. The Morgan fingerprint density at radius 3 is 2.90 bits per heavy atom. The van der Waals surface area contributed by atoms with Gasteiger partial charge in [-0.25, -0.2) is 0 Å². The number of nitrogens with zero attached hydrogens (tertiary/aromatic N) is 4. The summed E-state index contributed by atoms with van der Waals surface area (Å²) in [4.78, 5) is 17.9. The lowest BCUT2D eigenvalue weighted by atomic mass is 9.97. The normalized spacial score (nSPS) is 32.9. The number of aromatic amines is 1. The van der Waals surface area contributed by atoms with E-state index in [-0.39, 0.29) is 17.1 Å². The SMILES string of the molecule is C[C@@]1(O)[C@H](O)[C@@H](CO)O[C@H]1n1nnc2c(=O)[nH]c(N)nc21. The lowest BCUT2D eigenvalue weighted by molar-refractivity contribution is -0.101. The van der Waals surface area contributed by atoms with E-state index >= 15 is 0 Å². The first kappa shape index (κ1) is 13.9. The van der Waals surface area contributed by atoms with E-state index < -0.39 is 36.2 Å². The second-order valence-electron chi connectivity index (χ2n) is 5.04. The number of ether oxygens (including phenoxy) is 1. The molecule has 21 heavy (non-hydrogen) atoms. The van der Waals surface area contributed by atoms with E-state index in [0.717, 1.165) is 4.68 Å². The van der Waals surface area contributed by atoms with Crippen LogP contribution in [0.4, 0.5) is 5.95 Å². The van der Waals surface area contributed by atoms with Gasteiger partial charge >= 0.3 is 0 Å². The molecule has 0 aliphatic carbocycles. The highest BCUT2D eigenvalue weighted by Crippen LogP contribution is 2.38. The molecule has 4 atom stereocenters. The van der Waals surface area contributed by atoms with E-state index in [4.69, 9.17) is 15.6 Å². The van der Waals surface area contributed by atoms with Crippen LogP contribution >= 0.6 is 0 Å². The average Bonchev–Trinajstić information content (AvgIpc) is 2.91. The van der Waals surface area contributed by atoms with Crippen molar-refractivity contribution in [3.63, 3.8) is 0 Å². The Morgan fingerprint density at radius 2 is 2.29 bits per heavy atom. The Morgan fingerprint density at radius 1 is 1.57 bits per heavy atom. The molecule has 114 valence electrons. The van der Waals surface area contributed by atoms with E-state index in [1.165, 1.54) is 6.92 Å². The van der Waals surface area contributed by atoms with Gasteiger partial charge in [-0.15, -0.1) is 5.10 Å². The average molecular weight is 298 g/mol. The maximum Gasteiger partial charge on any atom is 0.282 e. The summed E-state index contributed by atoms with van der Waals surface area (Å²) in [5.41, 5.74) is 3.06. The molecule has 1 aliphatic rings. The summed E-state index contributed by atoms with van der Waals surface area (Å²) in [5.74, 6) is -0.145. The Kier molecular flexibility index (Phi) is 2.95. The van der Waals surface area contributed by atoms with Gasteiger partial charge in [0.15, 0.2) is 17.4 Å². The predicted octanol–water partition coefficient (Wildman–Crippen LogP) is -2.90. The van der Waals surface area contributed by atoms with Gasteiger partial charge in [0.1, 0.15) is 17.8 Å². The summed E-state index contributed by atoms with van der Waals surface area (Å²) in [6.45, 7) is 0.832. The third-order valence-corrected chi connectivity index (χ3v) is 3.51. The molecule has 11 heteroatoms. The van der Waals surface area contributed by atoms with Crippen LogP contribution in [-0.4, -0.2) is 64.7 Å². The van der Waals surface area contributed by atoms with Crippen LogP contribution in [-0.2, 0) is 4.74 Å². The minimum absolute atomic E-state index is 0.00677. The lowest BCUT2D eigenvalue weighted by Crippen LogP contribution is -2.44. The van der Waals surface area contributed by atoms with Crippen LogP contribution in [0.15, 0.2) is 4.79 Å². The number of nitrogens with two attached hydrogens (primary N) is 1. The first-order valence-electron chi connectivity index (χ1n) is 6.13. The van der Waals surface area contributed by atoms with Crippen molar-refractivity contribution in [3.8, 4) is 0 Å². The molecule has 0 aromatic carbocycles. The Bertz CT molecular complexity index is 739. The number of rotatable bonds is 2. The number of aliphatic hydroxyl groups is 3. The molecule has 11 nitrogen and oxygen atoms in total. The summed E-state index contributed by atoms with van der Waals surface area (Å²) in [5, 5.41) is 36.9. The highest BCUT2D eigenvalue weighted by atomic mass is 16.6. The molecule has 0 amide bonds. The predicted molar refractivity (Wildman–Crippen MR) is 68.0 cm³/mol. The third-order valence-electron chi connectivity index (χ3n) is 3.51. The van der Waals surface area contributed by atoms with Crippen molar-refractivity contribution < 1.29 is 20.1 Å². The Balaban J connectivity index is 2.15. The van der Waals surface area contributed by atoms with Gasteiger partial charge in [-0.2, -0.15) is 9.67 Å². The number of nitrogen functional groups attached to an aromatic ring is 1. The van der Waals surface area contributed by atoms with Crippen molar-refractivity contribution in [1.82, 2.24) is 25.0 Å². The standard InChI is InChI=1S/C10H14N6O5/c1-10(20)5(18)3(2-17)21-8(10)16-6-4(14-15-16)7(19)13-9(11)12-6/h3,5,8,17-18,20H,2H2,1H3,(H3,11,12,13,19)/t3-,5-,8-,10-/m1/s1. The zero-order valence-electron chi connectivity index (χ0n) is 11.0. The van der Waals surface area contributed by atoms with Crippen LogP contribution in [0.5, 0.6) is 0 Å². The fourth-order valence-corrected chi connectivity index (χ4v) is 2.36. The number of nitrogens with one attached hydrogen (secondary N) is 1. The minimum atomic E-state index is -1.76. The van der Waals surface area contributed by atoms with E-state index in [1.54, 1.807) is 0 Å². The number of fused-ring (bicyclic) bond motifs is 1. The molecule has 0 unspecified atom stereocenters. The summed E-state index contributed by atoms with van der Waals surface area (Å²) in [6, 6.07) is 0. The second kappa shape index (κ2) is 4.46. The van der Waals surface area contributed by atoms with Crippen molar-refractivity contribution >= 4 is 17.1 Å². The summed E-state index contributed by atoms with van der Waals surface area (Å²) in [6.07, 6.45) is -3.52. The van der Waals surface area contributed by atoms with Crippen molar-refractivity contribution in [2.75, 3.05) is 12.3 Å². The molecule has 6 N–H and O–H groups in total. The fourth-order valence-electron chi connectivity index (χ4n) is 2.36. The smallest absolute Gasteiger partial charge is 0.282 e. The van der Waals surface area contributed by atoms with E-state index in [0.29, 0.717) is 0 Å². The molecule has 3 heterocycles. The van der Waals surface area contributed by atoms with Gasteiger partial charge < -0.3 is 25.8 Å². The maximum absolute atomic E-state index is 11.7. The van der Waals surface area contributed by atoms with Gasteiger partial charge in [0.2, 0.25) is 5.95 Å². The molecular weight excluding hydrogens is 284 g/mol. The zero-order chi connectivity index (χ0) is 15.4. The second-order valence-corrected chi connectivity index (χ2v) is 5.04. The molecule has 1 fully saturated rings. The van der Waals surface area contributed by atoms with Crippen LogP contribution in [0.3, 0.4) is 0 Å². The molecule has 3 rings (SSSR count). The van der Waals surface area contributed by atoms with Gasteiger partial charge in [-0.05, 0) is 6.92 Å². The quantitative estimate of drug-likeness (QED) is 0.389. The van der Waals surface area contributed by atoms with Crippen LogP contribution in [0, 0.1) is 0 Å². The van der Waals surface area contributed by atoms with Crippen molar-refractivity contribution in [1.29, 1.82) is 0 Å². The van der Waals surface area contributed by atoms with Crippen molar-refractivity contribution in [2.45, 2.75) is 31.0 Å². The van der Waals surface area contributed by atoms with Crippen molar-refractivity contribution in [3.05, 3.63) is 10.4 Å². The van der Waals surface area contributed by atoms with E-state index in [1.807, 2.05) is 0 Å². The third kappa shape index (κ3) is 1.90. The minimum Gasteiger partial charge on any atom is -0.394 e. The largest absolute Gasteiger partial charge is 0.394 e. The van der Waals surface area contributed by atoms with E-state index in [9.17, 15) is 15.0 Å². The van der Waals surface area contributed by atoms with Gasteiger partial charge in [0.25, 0.3) is 5.56 Å². The Hall–Kier alpha value is -2.08. The molecule has 0 bridgehead atoms. The number of hydrogen-bond acceptors (Lipinski definition) is 9. The molecule has 2 aromatic rings. The highest BCUT2D eigenvalue weighted by Gasteiger charge is 2.54. The first-order valence-corrected chi connectivity index (χ1v) is 6.13. The first-order chi connectivity index (χ1) is 9.86. The lowest BCUT2D eigenvalue weighted by Gasteiger charge is -2.26. The molecular formula is C10H14N6O5. The molecule has 0 saturated carbocycles. The number of aliphatic hydroxyl groups excluding tert-OH is 2. The number of aromatic nitrogens is 5. The summed E-state index contributed by atoms with van der Waals surface area (Å²) in [7, 11) is 0. The molecule has 1 aliphatic heterocycles. The van der Waals surface area contributed by atoms with Gasteiger partial charge in [-0.1, -0.05) is 5.21 Å². The number of hydrogen-bond donors (Lipinski definition) is 5. The highest BCUT2D eigenvalue weighted by molar-refractivity contribution is 5.69. The van der Waals surface area contributed by atoms with Crippen LogP contribution in [0.2, 0.25) is 0 Å². The van der Waals surface area contributed by atoms with Gasteiger partial charge in [0.05, 0.1) is 6.61 Å². The van der Waals surface area contributed by atoms with Crippen LogP contribution in [0.1, 0.15) is 13.2 Å².